The van der Waals surface area contributed by atoms with Crippen molar-refractivity contribution in [1.29, 1.82) is 0 Å². The van der Waals surface area contributed by atoms with E-state index >= 15 is 0 Å². The highest BCUT2D eigenvalue weighted by molar-refractivity contribution is 7.89. The van der Waals surface area contributed by atoms with Gasteiger partial charge in [0.15, 0.2) is 0 Å². The quantitative estimate of drug-likeness (QED) is 0.559. The third-order valence-electron chi connectivity index (χ3n) is 5.88. The Kier molecular flexibility index (Phi) is 7.88. The van der Waals surface area contributed by atoms with Gasteiger partial charge in [0.1, 0.15) is 16.2 Å². The first-order valence-electron chi connectivity index (χ1n) is 11.1. The van der Waals surface area contributed by atoms with E-state index in [1.54, 1.807) is 32.8 Å². The molecular weight excluding hydrogens is 460 g/mol. The number of hydrogen-bond donors (Lipinski definition) is 1. The summed E-state index contributed by atoms with van der Waals surface area (Å²) in [6.07, 6.45) is 0. The van der Waals surface area contributed by atoms with E-state index in [1.807, 2.05) is 24.3 Å². The van der Waals surface area contributed by atoms with Gasteiger partial charge in [-0.1, -0.05) is 12.1 Å². The summed E-state index contributed by atoms with van der Waals surface area (Å²) in [5.74, 6) is -0.244. The smallest absolute Gasteiger partial charge is 0.341 e. The van der Waals surface area contributed by atoms with Gasteiger partial charge in [-0.3, -0.25) is 4.79 Å². The summed E-state index contributed by atoms with van der Waals surface area (Å²) < 4.78 is 38.1. The largest absolute Gasteiger partial charge is 0.495 e. The number of aromatic amines is 1. The molecule has 186 valence electrons. The van der Waals surface area contributed by atoms with Crippen LogP contribution < -0.4 is 9.64 Å². The second-order valence-corrected chi connectivity index (χ2v) is 10.1. The van der Waals surface area contributed by atoms with E-state index in [2.05, 4.69) is 9.88 Å². The molecule has 1 fully saturated rings. The first kappa shape index (κ1) is 25.6. The van der Waals surface area contributed by atoms with E-state index in [0.29, 0.717) is 37.6 Å². The minimum atomic E-state index is -4.11. The van der Waals surface area contributed by atoms with Gasteiger partial charge >= 0.3 is 5.97 Å². The van der Waals surface area contributed by atoms with Crippen LogP contribution in [0, 0.1) is 13.8 Å². The Morgan fingerprint density at radius 1 is 1.09 bits per heavy atom. The number of esters is 1. The highest BCUT2D eigenvalue weighted by Crippen LogP contribution is 2.29. The second kappa shape index (κ2) is 10.5. The molecule has 10 nitrogen and oxygen atoms in total. The summed E-state index contributed by atoms with van der Waals surface area (Å²) in [5.41, 5.74) is 1.66. The fourth-order valence-corrected chi connectivity index (χ4v) is 5.67. The van der Waals surface area contributed by atoms with Crippen molar-refractivity contribution in [1.82, 2.24) is 14.2 Å². The topological polar surface area (TPSA) is 112 Å². The average molecular weight is 493 g/mol. The maximum absolute atomic E-state index is 13.3. The molecule has 0 aliphatic carbocycles. The van der Waals surface area contributed by atoms with E-state index in [9.17, 15) is 18.0 Å². The van der Waals surface area contributed by atoms with E-state index in [0.717, 1.165) is 15.7 Å². The van der Waals surface area contributed by atoms with E-state index in [4.69, 9.17) is 9.47 Å². The lowest BCUT2D eigenvalue weighted by Crippen LogP contribution is -2.51. The average Bonchev–Trinajstić information content (AvgIpc) is 3.13. The van der Waals surface area contributed by atoms with Crippen LogP contribution in [-0.2, 0) is 19.6 Å². The SMILES string of the molecule is CCOC(=O)c1c(C)[nH]c(C)c1S(=O)(=O)N(C)CC(=O)N1CCN(c2ccccc2OC)CC1. The van der Waals surface area contributed by atoms with Crippen molar-refractivity contribution in [2.75, 3.05) is 58.4 Å². The monoisotopic (exact) mass is 492 g/mol. The zero-order valence-corrected chi connectivity index (χ0v) is 21.1. The molecule has 1 aromatic carbocycles. The lowest BCUT2D eigenvalue weighted by atomic mass is 10.2. The molecule has 2 heterocycles. The number of carbonyl (C=O) groups excluding carboxylic acids is 2. The van der Waals surface area contributed by atoms with Crippen LogP contribution in [0.15, 0.2) is 29.2 Å². The van der Waals surface area contributed by atoms with Gasteiger partial charge in [0, 0.05) is 44.6 Å². The van der Waals surface area contributed by atoms with Crippen LogP contribution in [0.2, 0.25) is 0 Å². The number of anilines is 1. The van der Waals surface area contributed by atoms with Gasteiger partial charge in [-0.15, -0.1) is 0 Å². The third-order valence-corrected chi connectivity index (χ3v) is 7.86. The molecule has 0 bridgehead atoms. The number of nitrogens with zero attached hydrogens (tertiary/aromatic N) is 3. The van der Waals surface area contributed by atoms with Crippen molar-refractivity contribution in [3.05, 3.63) is 41.2 Å². The molecule has 3 rings (SSSR count). The highest BCUT2D eigenvalue weighted by Gasteiger charge is 2.34. The minimum absolute atomic E-state index is 0.0240. The van der Waals surface area contributed by atoms with Crippen molar-refractivity contribution < 1.29 is 27.5 Å². The lowest BCUT2D eigenvalue weighted by molar-refractivity contribution is -0.131. The molecule has 0 atom stereocenters. The van der Waals surface area contributed by atoms with E-state index in [1.165, 1.54) is 7.05 Å². The summed E-state index contributed by atoms with van der Waals surface area (Å²) in [5, 5.41) is 0. The minimum Gasteiger partial charge on any atom is -0.495 e. The molecule has 0 radical (unpaired) electrons. The number of methoxy groups -OCH3 is 1. The zero-order chi connectivity index (χ0) is 25.0. The molecule has 0 saturated carbocycles. The van der Waals surface area contributed by atoms with Gasteiger partial charge in [0.25, 0.3) is 0 Å². The number of piperazine rings is 1. The summed E-state index contributed by atoms with van der Waals surface area (Å²) in [4.78, 5) is 31.9. The number of sulfonamides is 1. The van der Waals surface area contributed by atoms with Gasteiger partial charge in [-0.05, 0) is 32.9 Å². The number of carbonyl (C=O) groups is 2. The molecule has 11 heteroatoms. The van der Waals surface area contributed by atoms with Crippen LogP contribution in [0.25, 0.3) is 0 Å². The number of para-hydroxylation sites is 2. The van der Waals surface area contributed by atoms with Crippen molar-refractivity contribution in [2.24, 2.45) is 0 Å². The number of amides is 1. The lowest BCUT2D eigenvalue weighted by Gasteiger charge is -2.37. The molecule has 1 saturated heterocycles. The summed E-state index contributed by atoms with van der Waals surface area (Å²) in [6.45, 7) is 6.76. The fraction of sp³-hybridized carbons (Fsp3) is 0.478. The van der Waals surface area contributed by atoms with Crippen molar-refractivity contribution in [3.8, 4) is 5.75 Å². The van der Waals surface area contributed by atoms with Crippen LogP contribution >= 0.6 is 0 Å². The molecule has 0 spiro atoms. The van der Waals surface area contributed by atoms with Crippen LogP contribution in [0.5, 0.6) is 5.75 Å². The van der Waals surface area contributed by atoms with Crippen molar-refractivity contribution >= 4 is 27.6 Å². The molecule has 34 heavy (non-hydrogen) atoms. The number of likely N-dealkylation sites (N-methyl/N-ethyl adjacent to an activating group) is 1. The molecule has 1 aliphatic heterocycles. The molecule has 0 unspecified atom stereocenters. The highest BCUT2D eigenvalue weighted by atomic mass is 32.2. The molecule has 1 aliphatic rings. The Hall–Kier alpha value is -3.05. The molecule has 1 N–H and O–H groups in total. The third kappa shape index (κ3) is 5.05. The first-order chi connectivity index (χ1) is 16.1. The maximum atomic E-state index is 13.3. The van der Waals surface area contributed by atoms with Gasteiger partial charge in [0.2, 0.25) is 15.9 Å². The molecule has 2 aromatic rings. The van der Waals surface area contributed by atoms with Crippen LogP contribution in [-0.4, -0.2) is 88.0 Å². The molecular formula is C23H32N4O6S. The number of aromatic nitrogens is 1. The van der Waals surface area contributed by atoms with Crippen LogP contribution in [0.3, 0.4) is 0 Å². The Labute approximate surface area is 200 Å². The predicted octanol–water partition coefficient (Wildman–Crippen LogP) is 1.79. The number of H-pyrrole nitrogens is 1. The van der Waals surface area contributed by atoms with Gasteiger partial charge in [-0.2, -0.15) is 4.31 Å². The Balaban J connectivity index is 1.70. The summed E-state index contributed by atoms with van der Waals surface area (Å²) in [7, 11) is -1.15. The number of ether oxygens (including phenoxy) is 2. The maximum Gasteiger partial charge on any atom is 0.341 e. The zero-order valence-electron chi connectivity index (χ0n) is 20.3. The Bertz CT molecular complexity index is 1150. The van der Waals surface area contributed by atoms with Crippen molar-refractivity contribution in [2.45, 2.75) is 25.7 Å². The first-order valence-corrected chi connectivity index (χ1v) is 12.5. The number of aryl methyl sites for hydroxylation is 2. The second-order valence-electron chi connectivity index (χ2n) is 8.10. The van der Waals surface area contributed by atoms with Gasteiger partial charge < -0.3 is 24.3 Å². The Morgan fingerprint density at radius 2 is 1.74 bits per heavy atom. The van der Waals surface area contributed by atoms with Gasteiger partial charge in [-0.25, -0.2) is 13.2 Å². The van der Waals surface area contributed by atoms with Crippen LogP contribution in [0.4, 0.5) is 5.69 Å². The van der Waals surface area contributed by atoms with Crippen molar-refractivity contribution in [3.63, 3.8) is 0 Å². The predicted molar refractivity (Wildman–Crippen MR) is 128 cm³/mol. The molecule has 1 aromatic heterocycles. The Morgan fingerprint density at radius 3 is 2.35 bits per heavy atom. The van der Waals surface area contributed by atoms with Crippen LogP contribution in [0.1, 0.15) is 28.7 Å². The number of benzene rings is 1. The van der Waals surface area contributed by atoms with E-state index in [-0.39, 0.29) is 29.5 Å². The fourth-order valence-electron chi connectivity index (χ4n) is 4.15. The summed E-state index contributed by atoms with van der Waals surface area (Å²) in [6, 6.07) is 7.70. The normalized spacial score (nSPS) is 14.4. The molecule has 1 amide bonds. The number of nitrogens with one attached hydrogen (secondary N) is 1. The van der Waals surface area contributed by atoms with Gasteiger partial charge in [0.05, 0.1) is 25.9 Å². The number of hydrogen-bond acceptors (Lipinski definition) is 7. The standard InChI is InChI=1S/C23H32N4O6S/c1-6-33-23(29)21-16(2)24-17(3)22(21)34(30,31)25(4)15-20(28)27-13-11-26(12-14-27)18-9-7-8-10-19(18)32-5/h7-10,24H,6,11-15H2,1-5H3. The number of rotatable bonds is 8. The van der Waals surface area contributed by atoms with E-state index < -0.39 is 16.0 Å². The summed E-state index contributed by atoms with van der Waals surface area (Å²) >= 11 is 0.